The average Bonchev–Trinajstić information content (AvgIpc) is 3.27. The molecule has 0 aliphatic heterocycles. The maximum absolute atomic E-state index is 12.0. The highest BCUT2D eigenvalue weighted by molar-refractivity contribution is 7.89. The predicted octanol–water partition coefficient (Wildman–Crippen LogP) is 3.01. The van der Waals surface area contributed by atoms with Crippen LogP contribution in [-0.2, 0) is 19.6 Å². The normalized spacial score (nSPS) is 18.3. The van der Waals surface area contributed by atoms with Crippen molar-refractivity contribution in [2.24, 2.45) is 11.1 Å². The lowest BCUT2D eigenvalue weighted by Crippen LogP contribution is -2.30. The van der Waals surface area contributed by atoms with Gasteiger partial charge in [0.05, 0.1) is 30.4 Å². The van der Waals surface area contributed by atoms with Crippen molar-refractivity contribution in [3.05, 3.63) is 42.7 Å². The van der Waals surface area contributed by atoms with Crippen molar-refractivity contribution < 1.29 is 22.7 Å². The number of nitrogens with zero attached hydrogens (tertiary/aromatic N) is 3. The summed E-state index contributed by atoms with van der Waals surface area (Å²) >= 11 is 0. The monoisotopic (exact) mass is 501 g/mol. The Hall–Kier alpha value is -3.18. The van der Waals surface area contributed by atoms with Crippen molar-refractivity contribution in [1.29, 1.82) is 0 Å². The Kier molecular flexibility index (Phi) is 7.86. The van der Waals surface area contributed by atoms with Crippen LogP contribution in [0.4, 0.5) is 5.95 Å². The third kappa shape index (κ3) is 6.49. The molecule has 4 rings (SSSR count). The number of aromatic nitrogens is 3. The minimum Gasteiger partial charge on any atom is -0.493 e. The molecule has 0 atom stereocenters. The number of hydrogen-bond acceptors (Lipinski definition) is 8. The van der Waals surface area contributed by atoms with Gasteiger partial charge in [-0.1, -0.05) is 6.07 Å². The van der Waals surface area contributed by atoms with Crippen LogP contribution in [0.2, 0.25) is 0 Å². The van der Waals surface area contributed by atoms with E-state index in [-0.39, 0.29) is 30.3 Å². The molecular weight excluding hydrogens is 470 g/mol. The standard InChI is InChI=1S/C24H31N5O5S/c1-2-33-23(30)17-7-9-18(10-8-17)27-24-26-13-11-22(28-24)29-14-12-19-20(29)5-3-6-21(19)34-15-4-16-35(25,31)32/h3,5-6,11-14,17-18H,2,4,7-10,15-16H2,1H3,(H2,25,31,32)(H,26,27,28)/t17-,18-. The molecular formula is C24H31N5O5S. The molecule has 0 unspecified atom stereocenters. The first-order chi connectivity index (χ1) is 16.8. The van der Waals surface area contributed by atoms with Crippen LogP contribution in [-0.4, -0.2) is 53.9 Å². The number of esters is 1. The number of hydrogen-bond donors (Lipinski definition) is 2. The zero-order valence-electron chi connectivity index (χ0n) is 19.7. The van der Waals surface area contributed by atoms with Crippen LogP contribution < -0.4 is 15.2 Å². The highest BCUT2D eigenvalue weighted by atomic mass is 32.2. The number of carbonyl (C=O) groups is 1. The van der Waals surface area contributed by atoms with Gasteiger partial charge in [-0.2, -0.15) is 4.98 Å². The molecule has 1 saturated carbocycles. The van der Waals surface area contributed by atoms with Gasteiger partial charge < -0.3 is 19.4 Å². The zero-order valence-corrected chi connectivity index (χ0v) is 20.5. The zero-order chi connectivity index (χ0) is 24.8. The first kappa shape index (κ1) is 24.9. The molecule has 3 N–H and O–H groups in total. The van der Waals surface area contributed by atoms with E-state index < -0.39 is 10.0 Å². The number of sulfonamides is 1. The number of fused-ring (bicyclic) bond motifs is 1. The molecule has 1 fully saturated rings. The molecule has 2 heterocycles. The van der Waals surface area contributed by atoms with Gasteiger partial charge in [-0.25, -0.2) is 18.5 Å². The number of primary sulfonamides is 1. The Bertz CT molecular complexity index is 1270. The van der Waals surface area contributed by atoms with E-state index in [1.165, 1.54) is 0 Å². The maximum atomic E-state index is 12.0. The molecule has 0 spiro atoms. The molecule has 0 amide bonds. The van der Waals surface area contributed by atoms with Gasteiger partial charge in [0.15, 0.2) is 0 Å². The van der Waals surface area contributed by atoms with E-state index in [1.54, 1.807) is 6.20 Å². The largest absolute Gasteiger partial charge is 0.493 e. The van der Waals surface area contributed by atoms with Crippen LogP contribution in [0, 0.1) is 5.92 Å². The number of carbonyl (C=O) groups excluding carboxylic acids is 1. The van der Waals surface area contributed by atoms with E-state index in [0.717, 1.165) is 36.6 Å². The summed E-state index contributed by atoms with van der Waals surface area (Å²) in [7, 11) is -3.50. The highest BCUT2D eigenvalue weighted by Gasteiger charge is 2.27. The Morgan fingerprint density at radius 1 is 1.20 bits per heavy atom. The molecule has 0 radical (unpaired) electrons. The summed E-state index contributed by atoms with van der Waals surface area (Å²) in [6.45, 7) is 2.49. The summed E-state index contributed by atoms with van der Waals surface area (Å²) in [6.07, 6.45) is 7.24. The molecule has 1 aromatic carbocycles. The van der Waals surface area contributed by atoms with Gasteiger partial charge in [0.1, 0.15) is 11.6 Å². The average molecular weight is 502 g/mol. The SMILES string of the molecule is CCOC(=O)[C@H]1CC[C@H](Nc2nccc(-n3ccc4c(OCCCS(N)(=O)=O)cccc43)n2)CC1. The van der Waals surface area contributed by atoms with Crippen molar-refractivity contribution in [2.45, 2.75) is 45.1 Å². The molecule has 10 nitrogen and oxygen atoms in total. The fourth-order valence-electron chi connectivity index (χ4n) is 4.38. The van der Waals surface area contributed by atoms with E-state index in [2.05, 4.69) is 10.3 Å². The van der Waals surface area contributed by atoms with Gasteiger partial charge in [0.25, 0.3) is 0 Å². The number of anilines is 1. The van der Waals surface area contributed by atoms with E-state index in [9.17, 15) is 13.2 Å². The number of rotatable bonds is 10. The summed E-state index contributed by atoms with van der Waals surface area (Å²) in [5.41, 5.74) is 0.911. The van der Waals surface area contributed by atoms with Gasteiger partial charge in [0.2, 0.25) is 16.0 Å². The number of nitrogens with one attached hydrogen (secondary N) is 1. The Labute approximate surface area is 204 Å². The molecule has 188 valence electrons. The summed E-state index contributed by atoms with van der Waals surface area (Å²) in [5, 5.41) is 9.36. The summed E-state index contributed by atoms with van der Waals surface area (Å²) < 4.78 is 35.2. The van der Waals surface area contributed by atoms with Crippen LogP contribution in [0.15, 0.2) is 42.7 Å². The summed E-state index contributed by atoms with van der Waals surface area (Å²) in [6, 6.07) is 9.69. The van der Waals surface area contributed by atoms with Crippen molar-refractivity contribution >= 4 is 32.8 Å². The molecule has 0 bridgehead atoms. The molecule has 0 saturated heterocycles. The van der Waals surface area contributed by atoms with Gasteiger partial charge in [-0.15, -0.1) is 0 Å². The molecule has 11 heteroatoms. The second kappa shape index (κ2) is 11.0. The Morgan fingerprint density at radius 3 is 2.74 bits per heavy atom. The van der Waals surface area contributed by atoms with Crippen molar-refractivity contribution in [2.75, 3.05) is 24.3 Å². The minimum absolute atomic E-state index is 0.0254. The molecule has 1 aliphatic carbocycles. The lowest BCUT2D eigenvalue weighted by Gasteiger charge is -2.27. The summed E-state index contributed by atoms with van der Waals surface area (Å²) in [5.74, 6) is 1.68. The first-order valence-corrected chi connectivity index (χ1v) is 13.6. The summed E-state index contributed by atoms with van der Waals surface area (Å²) in [4.78, 5) is 21.1. The first-order valence-electron chi connectivity index (χ1n) is 11.8. The quantitative estimate of drug-likeness (QED) is 0.319. The number of ether oxygens (including phenoxy) is 2. The second-order valence-electron chi connectivity index (χ2n) is 8.63. The Morgan fingerprint density at radius 2 is 2.00 bits per heavy atom. The predicted molar refractivity (Wildman–Crippen MR) is 133 cm³/mol. The minimum atomic E-state index is -3.50. The van der Waals surface area contributed by atoms with Crippen molar-refractivity contribution in [1.82, 2.24) is 14.5 Å². The fraction of sp³-hybridized carbons (Fsp3) is 0.458. The number of nitrogens with two attached hydrogens (primary N) is 1. The molecule has 3 aromatic rings. The third-order valence-corrected chi connectivity index (χ3v) is 6.95. The number of benzene rings is 1. The molecule has 1 aliphatic rings. The van der Waals surface area contributed by atoms with E-state index in [1.807, 2.05) is 48.0 Å². The van der Waals surface area contributed by atoms with Crippen molar-refractivity contribution in [3.63, 3.8) is 0 Å². The van der Waals surface area contributed by atoms with Gasteiger partial charge in [-0.05, 0) is 63.3 Å². The van der Waals surface area contributed by atoms with Crippen LogP contribution in [0.3, 0.4) is 0 Å². The van der Waals surface area contributed by atoms with Crippen LogP contribution in [0.1, 0.15) is 39.0 Å². The third-order valence-electron chi connectivity index (χ3n) is 6.09. The Balaban J connectivity index is 1.42. The van der Waals surface area contributed by atoms with E-state index >= 15 is 0 Å². The van der Waals surface area contributed by atoms with Crippen LogP contribution in [0.5, 0.6) is 5.75 Å². The van der Waals surface area contributed by atoms with Crippen molar-refractivity contribution in [3.8, 4) is 11.6 Å². The van der Waals surface area contributed by atoms with E-state index in [0.29, 0.717) is 30.5 Å². The van der Waals surface area contributed by atoms with Crippen LogP contribution in [0.25, 0.3) is 16.7 Å². The topological polar surface area (TPSA) is 138 Å². The fourth-order valence-corrected chi connectivity index (χ4v) is 4.90. The van der Waals surface area contributed by atoms with Gasteiger partial charge in [0, 0.05) is 23.8 Å². The maximum Gasteiger partial charge on any atom is 0.308 e. The molecule has 2 aromatic heterocycles. The molecule has 35 heavy (non-hydrogen) atoms. The second-order valence-corrected chi connectivity index (χ2v) is 10.4. The highest BCUT2D eigenvalue weighted by Crippen LogP contribution is 2.29. The van der Waals surface area contributed by atoms with Crippen LogP contribution >= 0.6 is 0 Å². The smallest absolute Gasteiger partial charge is 0.308 e. The lowest BCUT2D eigenvalue weighted by atomic mass is 9.86. The van der Waals surface area contributed by atoms with Gasteiger partial charge in [-0.3, -0.25) is 4.79 Å². The van der Waals surface area contributed by atoms with Gasteiger partial charge >= 0.3 is 5.97 Å². The lowest BCUT2D eigenvalue weighted by molar-refractivity contribution is -0.149. The van der Waals surface area contributed by atoms with E-state index in [4.69, 9.17) is 19.6 Å².